The highest BCUT2D eigenvalue weighted by Crippen LogP contribution is 2.37. The summed E-state index contributed by atoms with van der Waals surface area (Å²) in [5.74, 6) is 0. The van der Waals surface area contributed by atoms with Crippen molar-refractivity contribution in [2.24, 2.45) is 0 Å². The SMILES string of the molecule is Cc1ccc2c(c1)C(C#N)(NCc1cccs1)CC2. The van der Waals surface area contributed by atoms with E-state index in [0.717, 1.165) is 19.4 Å². The highest BCUT2D eigenvalue weighted by atomic mass is 32.1. The van der Waals surface area contributed by atoms with Crippen molar-refractivity contribution in [2.75, 3.05) is 0 Å². The molecule has 1 aromatic carbocycles. The van der Waals surface area contributed by atoms with Gasteiger partial charge in [0.15, 0.2) is 0 Å². The molecule has 1 aliphatic carbocycles. The zero-order valence-electron chi connectivity index (χ0n) is 10.9. The Morgan fingerprint density at radius 2 is 2.32 bits per heavy atom. The van der Waals surface area contributed by atoms with E-state index in [1.54, 1.807) is 11.3 Å². The zero-order valence-corrected chi connectivity index (χ0v) is 11.8. The Morgan fingerprint density at radius 1 is 1.42 bits per heavy atom. The summed E-state index contributed by atoms with van der Waals surface area (Å²) in [6.45, 7) is 2.85. The van der Waals surface area contributed by atoms with Crippen LogP contribution in [0.15, 0.2) is 35.7 Å². The molecule has 0 aliphatic heterocycles. The number of nitrogens with one attached hydrogen (secondary N) is 1. The number of thiophene rings is 1. The summed E-state index contributed by atoms with van der Waals surface area (Å²) in [5.41, 5.74) is 3.20. The third kappa shape index (κ3) is 2.18. The lowest BCUT2D eigenvalue weighted by atomic mass is 9.92. The molecule has 1 aliphatic rings. The van der Waals surface area contributed by atoms with E-state index in [1.165, 1.54) is 21.6 Å². The lowest BCUT2D eigenvalue weighted by molar-refractivity contribution is 0.424. The molecule has 19 heavy (non-hydrogen) atoms. The summed E-state index contributed by atoms with van der Waals surface area (Å²) in [5, 5.41) is 15.2. The summed E-state index contributed by atoms with van der Waals surface area (Å²) < 4.78 is 0. The van der Waals surface area contributed by atoms with Gasteiger partial charge in [-0.25, -0.2) is 0 Å². The Hall–Kier alpha value is -1.63. The molecule has 0 spiro atoms. The van der Waals surface area contributed by atoms with E-state index in [-0.39, 0.29) is 0 Å². The van der Waals surface area contributed by atoms with Crippen LogP contribution in [0.25, 0.3) is 0 Å². The van der Waals surface area contributed by atoms with Gasteiger partial charge in [0.25, 0.3) is 0 Å². The summed E-state index contributed by atoms with van der Waals surface area (Å²) in [6, 6.07) is 13.1. The quantitative estimate of drug-likeness (QED) is 0.924. The number of benzene rings is 1. The van der Waals surface area contributed by atoms with Crippen molar-refractivity contribution >= 4 is 11.3 Å². The first-order chi connectivity index (χ1) is 9.23. The van der Waals surface area contributed by atoms with Crippen LogP contribution >= 0.6 is 11.3 Å². The molecule has 3 rings (SSSR count). The molecule has 0 bridgehead atoms. The lowest BCUT2D eigenvalue weighted by Crippen LogP contribution is -2.38. The number of fused-ring (bicyclic) bond motifs is 1. The van der Waals surface area contributed by atoms with Crippen molar-refractivity contribution in [3.63, 3.8) is 0 Å². The molecule has 1 unspecified atom stereocenters. The van der Waals surface area contributed by atoms with Crippen molar-refractivity contribution in [2.45, 2.75) is 31.8 Å². The van der Waals surface area contributed by atoms with E-state index in [1.807, 2.05) is 6.07 Å². The molecule has 1 atom stereocenters. The highest BCUT2D eigenvalue weighted by molar-refractivity contribution is 7.09. The van der Waals surface area contributed by atoms with Gasteiger partial charge in [0.05, 0.1) is 6.07 Å². The van der Waals surface area contributed by atoms with Gasteiger partial charge in [-0.1, -0.05) is 29.8 Å². The number of nitriles is 1. The second-order valence-corrected chi connectivity index (χ2v) is 6.14. The third-order valence-corrected chi connectivity index (χ3v) is 4.71. The molecule has 2 nitrogen and oxygen atoms in total. The van der Waals surface area contributed by atoms with Crippen LogP contribution in [0.1, 0.15) is 28.0 Å². The molecule has 0 saturated heterocycles. The molecule has 1 heterocycles. The van der Waals surface area contributed by atoms with E-state index in [4.69, 9.17) is 0 Å². The normalized spacial score (nSPS) is 21.1. The van der Waals surface area contributed by atoms with Crippen LogP contribution in [-0.4, -0.2) is 0 Å². The molecule has 3 heteroatoms. The van der Waals surface area contributed by atoms with Gasteiger partial charge in [-0.15, -0.1) is 11.3 Å². The fourth-order valence-electron chi connectivity index (χ4n) is 2.75. The highest BCUT2D eigenvalue weighted by Gasteiger charge is 2.38. The van der Waals surface area contributed by atoms with Gasteiger partial charge < -0.3 is 0 Å². The van der Waals surface area contributed by atoms with Crippen molar-refractivity contribution < 1.29 is 0 Å². The van der Waals surface area contributed by atoms with Gasteiger partial charge in [-0.05, 0) is 42.3 Å². The molecule has 2 aromatic rings. The Labute approximate surface area is 117 Å². The molecule has 1 N–H and O–H groups in total. The maximum Gasteiger partial charge on any atom is 0.133 e. The first-order valence-electron chi connectivity index (χ1n) is 6.52. The van der Waals surface area contributed by atoms with Crippen molar-refractivity contribution in [3.05, 3.63) is 57.3 Å². The third-order valence-electron chi connectivity index (χ3n) is 3.83. The Kier molecular flexibility index (Phi) is 3.14. The fourth-order valence-corrected chi connectivity index (χ4v) is 3.40. The average molecular weight is 268 g/mol. The number of hydrogen-bond acceptors (Lipinski definition) is 3. The Morgan fingerprint density at radius 3 is 3.05 bits per heavy atom. The topological polar surface area (TPSA) is 35.8 Å². The molecular weight excluding hydrogens is 252 g/mol. The molecule has 0 saturated carbocycles. The number of nitrogens with zero attached hydrogens (tertiary/aromatic N) is 1. The maximum atomic E-state index is 9.67. The predicted octanol–water partition coefficient (Wildman–Crippen LogP) is 3.51. The summed E-state index contributed by atoms with van der Waals surface area (Å²) >= 11 is 1.73. The number of aryl methyl sites for hydroxylation is 2. The van der Waals surface area contributed by atoms with Gasteiger partial charge in [0, 0.05) is 11.4 Å². The van der Waals surface area contributed by atoms with Gasteiger partial charge in [-0.3, -0.25) is 5.32 Å². The lowest BCUT2D eigenvalue weighted by Gasteiger charge is -2.24. The second-order valence-electron chi connectivity index (χ2n) is 5.11. The van der Waals surface area contributed by atoms with Crippen molar-refractivity contribution in [1.82, 2.24) is 5.32 Å². The van der Waals surface area contributed by atoms with E-state index < -0.39 is 5.54 Å². The van der Waals surface area contributed by atoms with Crippen molar-refractivity contribution in [1.29, 1.82) is 5.26 Å². The smallest absolute Gasteiger partial charge is 0.133 e. The molecule has 1 aromatic heterocycles. The molecule has 0 fully saturated rings. The maximum absolute atomic E-state index is 9.67. The van der Waals surface area contributed by atoms with Gasteiger partial charge in [0.2, 0.25) is 0 Å². The van der Waals surface area contributed by atoms with Crippen LogP contribution in [0.2, 0.25) is 0 Å². The minimum atomic E-state index is -0.509. The van der Waals surface area contributed by atoms with Crippen LogP contribution in [0, 0.1) is 18.3 Å². The molecule has 96 valence electrons. The van der Waals surface area contributed by atoms with Crippen molar-refractivity contribution in [3.8, 4) is 6.07 Å². The second kappa shape index (κ2) is 4.80. The first kappa shape index (κ1) is 12.4. The van der Waals surface area contributed by atoms with Crippen LogP contribution in [0.3, 0.4) is 0 Å². The van der Waals surface area contributed by atoms with Gasteiger partial charge >= 0.3 is 0 Å². The Balaban J connectivity index is 1.90. The number of hydrogen-bond donors (Lipinski definition) is 1. The van der Waals surface area contributed by atoms with E-state index in [2.05, 4.69) is 48.0 Å². The minimum Gasteiger partial charge on any atom is -0.291 e. The zero-order chi connectivity index (χ0) is 13.3. The van der Waals surface area contributed by atoms with E-state index >= 15 is 0 Å². The first-order valence-corrected chi connectivity index (χ1v) is 7.40. The Bertz CT molecular complexity index is 625. The summed E-state index contributed by atoms with van der Waals surface area (Å²) in [7, 11) is 0. The standard InChI is InChI=1S/C16H16N2S/c1-12-4-5-13-6-7-16(11-17,15(13)9-12)18-10-14-3-2-8-19-14/h2-5,8-9,18H,6-7,10H2,1H3. The summed E-state index contributed by atoms with van der Waals surface area (Å²) in [6.07, 6.45) is 1.86. The van der Waals surface area contributed by atoms with Crippen LogP contribution in [-0.2, 0) is 18.5 Å². The minimum absolute atomic E-state index is 0.509. The van der Waals surface area contributed by atoms with Crippen LogP contribution in [0.4, 0.5) is 0 Å². The fraction of sp³-hybridized carbons (Fsp3) is 0.312. The van der Waals surface area contributed by atoms with Gasteiger partial charge in [-0.2, -0.15) is 5.26 Å². The molecule has 0 amide bonds. The van der Waals surface area contributed by atoms with Gasteiger partial charge in [0.1, 0.15) is 5.54 Å². The van der Waals surface area contributed by atoms with Crippen LogP contribution < -0.4 is 5.32 Å². The largest absolute Gasteiger partial charge is 0.291 e. The number of rotatable bonds is 3. The van der Waals surface area contributed by atoms with Crippen LogP contribution in [0.5, 0.6) is 0 Å². The summed E-state index contributed by atoms with van der Waals surface area (Å²) in [4.78, 5) is 1.27. The molecule has 0 radical (unpaired) electrons. The average Bonchev–Trinajstić information content (AvgIpc) is 3.04. The molecular formula is C16H16N2S. The monoisotopic (exact) mass is 268 g/mol. The van der Waals surface area contributed by atoms with E-state index in [0.29, 0.717) is 0 Å². The van der Waals surface area contributed by atoms with E-state index in [9.17, 15) is 5.26 Å². The predicted molar refractivity (Wildman–Crippen MR) is 77.9 cm³/mol.